The molecule has 3 fully saturated rings. The van der Waals surface area contributed by atoms with Crippen LogP contribution in [0.15, 0.2) is 54.7 Å². The Hall–Kier alpha value is -5.84. The normalized spacial score (nSPS) is 22.0. The third-order valence-electron chi connectivity index (χ3n) is 14.2. The molecule has 16 nitrogen and oxygen atoms in total. The largest absolute Gasteiger partial charge is 0.508 e. The summed E-state index contributed by atoms with van der Waals surface area (Å²) in [5.41, 5.74) is 9.60. The van der Waals surface area contributed by atoms with Gasteiger partial charge in [0.25, 0.3) is 5.91 Å². The van der Waals surface area contributed by atoms with E-state index in [1.54, 1.807) is 37.4 Å². The zero-order valence-electron chi connectivity index (χ0n) is 40.8. The number of carbonyl (C=O) groups is 5. The number of hydrogen-bond donors (Lipinski definition) is 4. The Morgan fingerprint density at radius 3 is 2.47 bits per heavy atom. The molecule has 2 aromatic carbocycles. The number of methoxy groups -OCH3 is 1. The van der Waals surface area contributed by atoms with E-state index in [0.717, 1.165) is 44.5 Å². The maximum absolute atomic E-state index is 14.8. The van der Waals surface area contributed by atoms with E-state index in [-0.39, 0.29) is 61.1 Å². The fourth-order valence-electron chi connectivity index (χ4n) is 10.5. The lowest BCUT2D eigenvalue weighted by Gasteiger charge is -2.38. The van der Waals surface area contributed by atoms with E-state index >= 15 is 0 Å². The number of piperidine rings is 1. The van der Waals surface area contributed by atoms with Crippen LogP contribution in [0.25, 0.3) is 33.3 Å². The molecule has 0 unspecified atom stereocenters. The van der Waals surface area contributed by atoms with E-state index in [1.165, 1.54) is 9.91 Å². The maximum atomic E-state index is 14.8. The second-order valence-corrected chi connectivity index (χ2v) is 20.2. The summed E-state index contributed by atoms with van der Waals surface area (Å²) < 4.78 is 14.2. The van der Waals surface area contributed by atoms with Gasteiger partial charge in [0.1, 0.15) is 23.9 Å². The van der Waals surface area contributed by atoms with Gasteiger partial charge in [0.05, 0.1) is 30.1 Å². The summed E-state index contributed by atoms with van der Waals surface area (Å²) in [6.07, 6.45) is 4.00. The Labute approximate surface area is 399 Å². The van der Waals surface area contributed by atoms with Crippen molar-refractivity contribution in [2.75, 3.05) is 46.9 Å². The van der Waals surface area contributed by atoms with E-state index in [9.17, 15) is 29.1 Å². The van der Waals surface area contributed by atoms with Crippen molar-refractivity contribution in [2.45, 2.75) is 117 Å². The highest BCUT2D eigenvalue weighted by Gasteiger charge is 2.41. The van der Waals surface area contributed by atoms with E-state index in [0.29, 0.717) is 63.8 Å². The van der Waals surface area contributed by atoms with Crippen LogP contribution in [0.1, 0.15) is 90.2 Å². The number of amides is 4. The molecule has 0 radical (unpaired) electrons. The van der Waals surface area contributed by atoms with Gasteiger partial charge in [0, 0.05) is 87.3 Å². The van der Waals surface area contributed by atoms with Crippen molar-refractivity contribution in [3.63, 3.8) is 0 Å². The Morgan fingerprint density at radius 1 is 1.03 bits per heavy atom. The molecule has 0 spiro atoms. The third-order valence-corrected chi connectivity index (χ3v) is 14.2. The monoisotopic (exact) mass is 933 g/mol. The number of pyridine rings is 1. The number of likely N-dealkylation sites (N-methyl/N-ethyl adjacent to an activating group) is 1. The van der Waals surface area contributed by atoms with Crippen molar-refractivity contribution < 1.29 is 38.6 Å². The van der Waals surface area contributed by atoms with Crippen molar-refractivity contribution in [3.8, 4) is 28.1 Å². The molecular weight excluding hydrogens is 865 g/mol. The minimum absolute atomic E-state index is 0.00306. The number of phenolic OH excluding ortho intramolecular Hbond substituents is 1. The molecule has 4 N–H and O–H groups in total. The van der Waals surface area contributed by atoms with Crippen LogP contribution in [-0.4, -0.2) is 130 Å². The van der Waals surface area contributed by atoms with Gasteiger partial charge in [-0.2, -0.15) is 0 Å². The van der Waals surface area contributed by atoms with Crippen molar-refractivity contribution in [1.29, 1.82) is 0 Å². The molecule has 0 aliphatic carbocycles. The van der Waals surface area contributed by atoms with Gasteiger partial charge in [-0.25, -0.2) is 5.43 Å². The summed E-state index contributed by atoms with van der Waals surface area (Å²) in [7, 11) is 3.30. The van der Waals surface area contributed by atoms with Crippen LogP contribution in [-0.2, 0) is 52.8 Å². The summed E-state index contributed by atoms with van der Waals surface area (Å²) in [5, 5.41) is 19.8. The van der Waals surface area contributed by atoms with Crippen LogP contribution >= 0.6 is 0 Å². The average Bonchev–Trinajstić information content (AvgIpc) is 4.14. The lowest BCUT2D eigenvalue weighted by Crippen LogP contribution is -2.62. The maximum Gasteiger partial charge on any atom is 0.324 e. The lowest BCUT2D eigenvalue weighted by atomic mass is 9.84. The van der Waals surface area contributed by atoms with Gasteiger partial charge in [0.15, 0.2) is 0 Å². The topological polar surface area (TPSA) is 198 Å². The molecule has 68 heavy (non-hydrogen) atoms. The van der Waals surface area contributed by atoms with Crippen molar-refractivity contribution >= 4 is 40.5 Å². The molecular formula is C52H68N8O8. The Bertz CT molecular complexity index is 2560. The number of benzene rings is 2. The molecule has 364 valence electrons. The molecule has 4 aromatic rings. The molecule has 0 saturated carbocycles. The van der Waals surface area contributed by atoms with Crippen LogP contribution in [0.4, 0.5) is 0 Å². The average molecular weight is 933 g/mol. The minimum atomic E-state index is -1.15. The van der Waals surface area contributed by atoms with Crippen molar-refractivity contribution in [3.05, 3.63) is 71.5 Å². The number of carbonyl (C=O) groups excluding carboxylic acids is 5. The zero-order valence-corrected chi connectivity index (χ0v) is 40.8. The van der Waals surface area contributed by atoms with Gasteiger partial charge < -0.3 is 39.6 Å². The number of nitrogens with one attached hydrogen (secondary N) is 3. The Kier molecular flexibility index (Phi) is 14.3. The molecule has 4 amide bonds. The first-order valence-corrected chi connectivity index (χ1v) is 24.3. The number of hydrogen-bond acceptors (Lipinski definition) is 11. The smallest absolute Gasteiger partial charge is 0.324 e. The standard InChI is InChI=1S/C52H68N8O8/c1-9-59-43-15-14-34-26-38(43)39(46(59)37-12-10-18-53-44(37)31(4)67-8)27-52(5,6)29-68-51(66)40-13-11-19-60(56-40)50(65)41(24-32-22-35(34)25-36(61)23-32)55-47(62)45(30(2)3)57(7)48(63)33-16-20-58(21-17-33)49(64)42-28-54-42/h10,12,14-15,18,22-23,25-26,30-31,33,40-42,45,54,56,61H,9,11,13,16-17,19-21,24,27-29H2,1-8H3,(H,55,62)/t31-,40-,41-,42-,45-/m0/s1. The number of esters is 1. The molecule has 2 aromatic heterocycles. The predicted molar refractivity (Wildman–Crippen MR) is 258 cm³/mol. The van der Waals surface area contributed by atoms with Gasteiger partial charge >= 0.3 is 5.97 Å². The van der Waals surface area contributed by atoms with Gasteiger partial charge in [0.2, 0.25) is 17.7 Å². The van der Waals surface area contributed by atoms with Crippen LogP contribution in [0.3, 0.4) is 0 Å². The summed E-state index contributed by atoms with van der Waals surface area (Å²) in [6, 6.07) is 12.5. The first-order chi connectivity index (χ1) is 32.5. The number of phenols is 1. The van der Waals surface area contributed by atoms with Gasteiger partial charge in [-0.1, -0.05) is 39.8 Å². The number of rotatable bonds is 10. The van der Waals surface area contributed by atoms with Crippen LogP contribution in [0, 0.1) is 17.3 Å². The second-order valence-electron chi connectivity index (χ2n) is 20.2. The molecule has 5 atom stereocenters. The second kappa shape index (κ2) is 20.0. The van der Waals surface area contributed by atoms with Crippen molar-refractivity contribution in [1.82, 2.24) is 40.4 Å². The number of hydrazine groups is 1. The fraction of sp³-hybridized carbons (Fsp3) is 0.538. The number of likely N-dealkylation sites (tertiary alicyclic amines) is 1. The van der Waals surface area contributed by atoms with Gasteiger partial charge in [-0.15, -0.1) is 0 Å². The third kappa shape index (κ3) is 10.1. The highest BCUT2D eigenvalue weighted by molar-refractivity contribution is 5.96. The zero-order chi connectivity index (χ0) is 48.6. The molecule has 4 aliphatic rings. The van der Waals surface area contributed by atoms with Gasteiger partial charge in [-0.3, -0.25) is 34.0 Å². The van der Waals surface area contributed by atoms with E-state index in [4.69, 9.17) is 14.5 Å². The first-order valence-electron chi connectivity index (χ1n) is 24.3. The van der Waals surface area contributed by atoms with Crippen LogP contribution in [0.5, 0.6) is 5.75 Å². The molecule has 4 aliphatic heterocycles. The predicted octanol–water partition coefficient (Wildman–Crippen LogP) is 5.15. The number of aromatic hydroxyl groups is 1. The van der Waals surface area contributed by atoms with E-state index < -0.39 is 41.3 Å². The van der Waals surface area contributed by atoms with Gasteiger partial charge in [-0.05, 0) is 111 Å². The summed E-state index contributed by atoms with van der Waals surface area (Å²) in [6.45, 7) is 14.7. The number of aromatic nitrogens is 2. The fourth-order valence-corrected chi connectivity index (χ4v) is 10.5. The molecule has 6 bridgehead atoms. The number of fused-ring (bicyclic) bond motifs is 6. The number of aryl methyl sites for hydroxylation is 1. The summed E-state index contributed by atoms with van der Waals surface area (Å²) >= 11 is 0. The molecule has 8 rings (SSSR count). The van der Waals surface area contributed by atoms with E-state index in [1.807, 2.05) is 39.0 Å². The Morgan fingerprint density at radius 2 is 1.78 bits per heavy atom. The summed E-state index contributed by atoms with van der Waals surface area (Å²) in [4.78, 5) is 78.2. The summed E-state index contributed by atoms with van der Waals surface area (Å²) in [5.74, 6) is -2.23. The molecule has 16 heteroatoms. The molecule has 3 saturated heterocycles. The highest BCUT2D eigenvalue weighted by Crippen LogP contribution is 2.42. The molecule has 6 heterocycles. The number of ether oxygens (including phenoxy) is 2. The number of nitrogens with zero attached hydrogens (tertiary/aromatic N) is 5. The van der Waals surface area contributed by atoms with Crippen molar-refractivity contribution in [2.24, 2.45) is 17.3 Å². The Balaban J connectivity index is 1.16. The first kappa shape index (κ1) is 48.6. The van der Waals surface area contributed by atoms with Crippen LogP contribution in [0.2, 0.25) is 0 Å². The number of cyclic esters (lactones) is 1. The highest BCUT2D eigenvalue weighted by atomic mass is 16.5. The van der Waals surface area contributed by atoms with E-state index in [2.05, 4.69) is 59.6 Å². The lowest BCUT2D eigenvalue weighted by molar-refractivity contribution is -0.155. The minimum Gasteiger partial charge on any atom is -0.508 e. The SMILES string of the molecule is CCn1c(-c2cccnc2[C@H](C)OC)c2c3cc(ccc31)-c1cc(O)cc(c1)C[C@H](NC(=O)[C@H](C(C)C)N(C)C(=O)C1CCN(C(=O)[C@@H]3CN3)CC1)C(=O)N1CCC[C@H](N1)C(=O)OCC(C)(C)C2. The quantitative estimate of drug-likeness (QED) is 0.121. The van der Waals surface area contributed by atoms with Crippen LogP contribution < -0.4 is 16.1 Å².